The van der Waals surface area contributed by atoms with Gasteiger partial charge < -0.3 is 14.6 Å². The minimum Gasteiger partial charge on any atom is -0.497 e. The van der Waals surface area contributed by atoms with Crippen LogP contribution in [0, 0.1) is 6.07 Å². The first-order chi connectivity index (χ1) is 6.36. The summed E-state index contributed by atoms with van der Waals surface area (Å²) >= 11 is 0. The molecule has 0 heterocycles. The lowest BCUT2D eigenvalue weighted by Crippen LogP contribution is -1.99. The molecular formula is C10H13O3. The molecule has 0 bridgehead atoms. The number of hydrogen-bond donors (Lipinski definition) is 1. The lowest BCUT2D eigenvalue weighted by Gasteiger charge is -2.05. The van der Waals surface area contributed by atoms with Crippen molar-refractivity contribution in [2.24, 2.45) is 0 Å². The van der Waals surface area contributed by atoms with Crippen LogP contribution in [0.1, 0.15) is 6.42 Å². The van der Waals surface area contributed by atoms with Crippen LogP contribution >= 0.6 is 0 Å². The van der Waals surface area contributed by atoms with E-state index in [9.17, 15) is 0 Å². The van der Waals surface area contributed by atoms with Crippen molar-refractivity contribution in [2.45, 2.75) is 6.42 Å². The third kappa shape index (κ3) is 3.34. The molecule has 1 rings (SSSR count). The van der Waals surface area contributed by atoms with Gasteiger partial charge in [0.1, 0.15) is 11.5 Å². The summed E-state index contributed by atoms with van der Waals surface area (Å²) in [5.74, 6) is 1.44. The lowest BCUT2D eigenvalue weighted by atomic mass is 10.3. The van der Waals surface area contributed by atoms with Crippen LogP contribution in [0.25, 0.3) is 0 Å². The zero-order valence-electron chi connectivity index (χ0n) is 7.62. The van der Waals surface area contributed by atoms with Gasteiger partial charge in [0.15, 0.2) is 0 Å². The van der Waals surface area contributed by atoms with Crippen molar-refractivity contribution in [3.8, 4) is 11.5 Å². The second-order valence-electron chi connectivity index (χ2n) is 2.53. The maximum Gasteiger partial charge on any atom is 0.123 e. The van der Waals surface area contributed by atoms with Gasteiger partial charge in [-0.2, -0.15) is 0 Å². The Morgan fingerprint density at radius 2 is 2.15 bits per heavy atom. The summed E-state index contributed by atoms with van der Waals surface area (Å²) in [6.45, 7) is 0.658. The topological polar surface area (TPSA) is 38.7 Å². The summed E-state index contributed by atoms with van der Waals surface area (Å²) < 4.78 is 10.3. The van der Waals surface area contributed by atoms with Gasteiger partial charge in [0.25, 0.3) is 0 Å². The predicted octanol–water partition coefficient (Wildman–Crippen LogP) is 1.26. The van der Waals surface area contributed by atoms with E-state index >= 15 is 0 Å². The molecule has 0 unspecified atom stereocenters. The highest BCUT2D eigenvalue weighted by Gasteiger charge is 1.95. The Balaban J connectivity index is 2.46. The average Bonchev–Trinajstić information content (AvgIpc) is 2.19. The van der Waals surface area contributed by atoms with Gasteiger partial charge in [-0.05, 0) is 18.2 Å². The number of hydrogen-bond acceptors (Lipinski definition) is 3. The summed E-state index contributed by atoms with van der Waals surface area (Å²) in [5, 5.41) is 8.53. The van der Waals surface area contributed by atoms with Gasteiger partial charge in [0.2, 0.25) is 0 Å². The lowest BCUT2D eigenvalue weighted by molar-refractivity contribution is 0.233. The fourth-order valence-electron chi connectivity index (χ4n) is 0.885. The number of aliphatic hydroxyl groups excluding tert-OH is 1. The summed E-state index contributed by atoms with van der Waals surface area (Å²) in [5.41, 5.74) is 0. The van der Waals surface area contributed by atoms with E-state index in [1.54, 1.807) is 25.3 Å². The predicted molar refractivity (Wildman–Crippen MR) is 49.0 cm³/mol. The molecule has 1 N–H and O–H groups in total. The molecule has 13 heavy (non-hydrogen) atoms. The Morgan fingerprint density at radius 3 is 2.85 bits per heavy atom. The van der Waals surface area contributed by atoms with Crippen LogP contribution in [0.2, 0.25) is 0 Å². The third-order valence-electron chi connectivity index (χ3n) is 1.54. The second-order valence-corrected chi connectivity index (χ2v) is 2.53. The molecule has 1 aromatic carbocycles. The monoisotopic (exact) mass is 181 g/mol. The van der Waals surface area contributed by atoms with Crippen molar-refractivity contribution in [3.05, 3.63) is 24.3 Å². The summed E-state index contributed by atoms with van der Waals surface area (Å²) in [7, 11) is 1.60. The number of ether oxygens (including phenoxy) is 2. The summed E-state index contributed by atoms with van der Waals surface area (Å²) in [6, 6.07) is 8.15. The van der Waals surface area contributed by atoms with Crippen LogP contribution in [0.3, 0.4) is 0 Å². The third-order valence-corrected chi connectivity index (χ3v) is 1.54. The normalized spacial score (nSPS) is 9.69. The number of methoxy groups -OCH3 is 1. The van der Waals surface area contributed by atoms with Gasteiger partial charge in [-0.25, -0.2) is 0 Å². The Kier molecular flexibility index (Phi) is 4.12. The molecule has 0 fully saturated rings. The number of rotatable bonds is 5. The molecule has 0 saturated heterocycles. The van der Waals surface area contributed by atoms with E-state index in [0.717, 1.165) is 5.75 Å². The zero-order valence-corrected chi connectivity index (χ0v) is 7.62. The van der Waals surface area contributed by atoms with Crippen LogP contribution in [0.15, 0.2) is 18.2 Å². The van der Waals surface area contributed by atoms with E-state index in [4.69, 9.17) is 14.6 Å². The number of aliphatic hydroxyl groups is 1. The van der Waals surface area contributed by atoms with Crippen LogP contribution in [0.4, 0.5) is 0 Å². The van der Waals surface area contributed by atoms with Crippen LogP contribution in [-0.4, -0.2) is 25.4 Å². The smallest absolute Gasteiger partial charge is 0.123 e. The molecule has 0 aliphatic carbocycles. The second kappa shape index (κ2) is 5.43. The van der Waals surface area contributed by atoms with Crippen molar-refractivity contribution >= 4 is 0 Å². The molecule has 71 valence electrons. The maximum atomic E-state index is 8.53. The van der Waals surface area contributed by atoms with Gasteiger partial charge in [-0.15, -0.1) is 0 Å². The van der Waals surface area contributed by atoms with Crippen molar-refractivity contribution in [3.63, 3.8) is 0 Å². The first-order valence-electron chi connectivity index (χ1n) is 4.15. The molecule has 0 atom stereocenters. The molecule has 0 saturated carbocycles. The maximum absolute atomic E-state index is 8.53. The number of benzene rings is 1. The van der Waals surface area contributed by atoms with Gasteiger partial charge in [0, 0.05) is 19.1 Å². The fraction of sp³-hybridized carbons (Fsp3) is 0.400. The van der Waals surface area contributed by atoms with Crippen molar-refractivity contribution in [1.29, 1.82) is 0 Å². The van der Waals surface area contributed by atoms with Gasteiger partial charge in [0.05, 0.1) is 13.7 Å². The molecule has 0 spiro atoms. The minimum absolute atomic E-state index is 0.147. The van der Waals surface area contributed by atoms with E-state index < -0.39 is 0 Å². The van der Waals surface area contributed by atoms with Crippen molar-refractivity contribution in [2.75, 3.05) is 20.3 Å². The SMILES string of the molecule is COc1c[c]cc(OCCCO)c1. The van der Waals surface area contributed by atoms with Gasteiger partial charge in [-0.3, -0.25) is 0 Å². The molecular weight excluding hydrogens is 168 g/mol. The highest BCUT2D eigenvalue weighted by atomic mass is 16.5. The van der Waals surface area contributed by atoms with Crippen molar-refractivity contribution in [1.82, 2.24) is 0 Å². The van der Waals surface area contributed by atoms with E-state index in [-0.39, 0.29) is 6.61 Å². The molecule has 1 aromatic rings. The fourth-order valence-corrected chi connectivity index (χ4v) is 0.885. The Labute approximate surface area is 77.9 Å². The first kappa shape index (κ1) is 9.86. The van der Waals surface area contributed by atoms with Gasteiger partial charge >= 0.3 is 0 Å². The Morgan fingerprint density at radius 1 is 1.38 bits per heavy atom. The average molecular weight is 181 g/mol. The first-order valence-corrected chi connectivity index (χ1v) is 4.15. The quantitative estimate of drug-likeness (QED) is 0.695. The molecule has 0 amide bonds. The molecule has 0 aromatic heterocycles. The van der Waals surface area contributed by atoms with Crippen LogP contribution < -0.4 is 9.47 Å². The van der Waals surface area contributed by atoms with Crippen LogP contribution in [-0.2, 0) is 0 Å². The van der Waals surface area contributed by atoms with E-state index in [0.29, 0.717) is 18.8 Å². The Hall–Kier alpha value is -1.22. The zero-order chi connectivity index (χ0) is 9.52. The van der Waals surface area contributed by atoms with E-state index in [2.05, 4.69) is 6.07 Å². The highest BCUT2D eigenvalue weighted by Crippen LogP contribution is 2.18. The molecule has 1 radical (unpaired) electrons. The summed E-state index contributed by atoms with van der Waals surface area (Å²) in [6.07, 6.45) is 0.636. The largest absolute Gasteiger partial charge is 0.497 e. The van der Waals surface area contributed by atoms with E-state index in [1.165, 1.54) is 0 Å². The Bertz CT molecular complexity index is 248. The minimum atomic E-state index is 0.147. The molecule has 0 aliphatic heterocycles. The van der Waals surface area contributed by atoms with E-state index in [1.807, 2.05) is 0 Å². The molecule has 3 nitrogen and oxygen atoms in total. The van der Waals surface area contributed by atoms with Gasteiger partial charge in [-0.1, -0.05) is 0 Å². The van der Waals surface area contributed by atoms with Crippen LogP contribution in [0.5, 0.6) is 11.5 Å². The molecule has 0 aliphatic rings. The standard InChI is InChI=1S/C10H13O3/c1-12-9-4-2-5-10(8-9)13-7-3-6-11/h4-5,8,11H,3,6-7H2,1H3. The molecule has 3 heteroatoms. The highest BCUT2D eigenvalue weighted by molar-refractivity contribution is 5.31. The summed E-state index contributed by atoms with van der Waals surface area (Å²) in [4.78, 5) is 0. The van der Waals surface area contributed by atoms with Crippen molar-refractivity contribution < 1.29 is 14.6 Å².